The third-order valence-corrected chi connectivity index (χ3v) is 10.9. The van der Waals surface area contributed by atoms with Crippen molar-refractivity contribution in [2.45, 2.75) is 35.8 Å². The number of H-pyrrole nitrogens is 1. The molecule has 0 radical (unpaired) electrons. The third kappa shape index (κ3) is 6.18. The second-order valence-corrected chi connectivity index (χ2v) is 13.5. The molecular weight excluding hydrogens is 635 g/mol. The van der Waals surface area contributed by atoms with Crippen LogP contribution >= 0.6 is 0 Å². The van der Waals surface area contributed by atoms with Crippen LogP contribution in [0.2, 0.25) is 4.82 Å². The molecular formula is C36H34N2O6Se. The Morgan fingerprint density at radius 2 is 1.40 bits per heavy atom. The van der Waals surface area contributed by atoms with Crippen LogP contribution in [0, 0.1) is 6.92 Å². The van der Waals surface area contributed by atoms with E-state index in [1.165, 1.54) is 10.8 Å². The fourth-order valence-corrected chi connectivity index (χ4v) is 8.40. The van der Waals surface area contributed by atoms with Crippen molar-refractivity contribution in [3.05, 3.63) is 165 Å². The Labute approximate surface area is 267 Å². The standard InChI is InChI=1S/C36H34N2O6Se/c1-24-22-38(35(41)37-33(24)40)34-32(45-29-16-10-5-11-17-29)31(39)30(44-34)23-43-36(25-12-6-3-7-13-25,26-14-8-4-9-15-26)27-18-20-28(42-2)21-19-27/h3-22,30-32,34,39H,23H2,1-2H3,(H,37,40,41)/t30-,31-,32-,34-/m1/s1. The first-order valence-electron chi connectivity index (χ1n) is 14.7. The summed E-state index contributed by atoms with van der Waals surface area (Å²) in [7, 11) is 1.63. The van der Waals surface area contributed by atoms with Crippen molar-refractivity contribution in [2.24, 2.45) is 0 Å². The summed E-state index contributed by atoms with van der Waals surface area (Å²) in [6, 6.07) is 37.5. The van der Waals surface area contributed by atoms with Gasteiger partial charge in [0.2, 0.25) is 0 Å². The molecule has 0 spiro atoms. The van der Waals surface area contributed by atoms with E-state index in [0.717, 1.165) is 26.9 Å². The molecule has 1 aliphatic rings. The fraction of sp³-hybridized carbons (Fsp3) is 0.222. The SMILES string of the molecule is COc1ccc(C(OC[C@H]2O[C@@H](n3cc(C)c(=O)[nH]c3=O)[C@H]([Se]c3ccccc3)[C@@H]2O)(c2ccccc2)c2ccccc2)cc1. The molecule has 1 fully saturated rings. The van der Waals surface area contributed by atoms with Crippen LogP contribution in [0.3, 0.4) is 0 Å². The van der Waals surface area contributed by atoms with Crippen molar-refractivity contribution in [1.29, 1.82) is 0 Å². The first kappa shape index (κ1) is 30.8. The number of hydrogen-bond acceptors (Lipinski definition) is 6. The third-order valence-electron chi connectivity index (χ3n) is 8.07. The summed E-state index contributed by atoms with van der Waals surface area (Å²) in [5.41, 5.74) is 0.980. The average molecular weight is 670 g/mol. The Bertz CT molecular complexity index is 1790. The molecule has 2 heterocycles. The van der Waals surface area contributed by atoms with Crippen LogP contribution in [0.25, 0.3) is 0 Å². The first-order chi connectivity index (χ1) is 21.9. The number of benzene rings is 4. The van der Waals surface area contributed by atoms with Crippen LogP contribution in [-0.4, -0.2) is 55.5 Å². The van der Waals surface area contributed by atoms with E-state index < -0.39 is 40.1 Å². The second kappa shape index (κ2) is 13.4. The number of aliphatic hydroxyl groups is 1. The van der Waals surface area contributed by atoms with Gasteiger partial charge in [0.05, 0.1) is 0 Å². The summed E-state index contributed by atoms with van der Waals surface area (Å²) < 4.78 is 21.4. The number of methoxy groups -OCH3 is 1. The zero-order chi connectivity index (χ0) is 31.4. The topological polar surface area (TPSA) is 103 Å². The normalized spacial score (nSPS) is 19.8. The Hall–Kier alpha value is -4.24. The van der Waals surface area contributed by atoms with Crippen molar-refractivity contribution in [3.8, 4) is 5.75 Å². The Kier molecular flexibility index (Phi) is 9.16. The summed E-state index contributed by atoms with van der Waals surface area (Å²) in [5.74, 6) is 0.721. The maximum atomic E-state index is 13.0. The molecule has 8 nitrogen and oxygen atoms in total. The van der Waals surface area contributed by atoms with Gasteiger partial charge in [-0.15, -0.1) is 0 Å². The van der Waals surface area contributed by atoms with E-state index in [4.69, 9.17) is 14.2 Å². The van der Waals surface area contributed by atoms with Gasteiger partial charge in [0.15, 0.2) is 0 Å². The van der Waals surface area contributed by atoms with E-state index in [2.05, 4.69) is 4.98 Å². The second-order valence-electron chi connectivity index (χ2n) is 10.9. The minimum absolute atomic E-state index is 0.0198. The molecule has 1 saturated heterocycles. The van der Waals surface area contributed by atoms with Gasteiger partial charge in [0, 0.05) is 0 Å². The summed E-state index contributed by atoms with van der Waals surface area (Å²) >= 11 is -0.268. The molecule has 0 amide bonds. The molecule has 0 aliphatic carbocycles. The van der Waals surface area contributed by atoms with Crippen LogP contribution in [-0.2, 0) is 15.1 Å². The van der Waals surface area contributed by atoms with Crippen molar-refractivity contribution in [1.82, 2.24) is 9.55 Å². The predicted octanol–water partition coefficient (Wildman–Crippen LogP) is 3.94. The molecule has 1 aliphatic heterocycles. The molecule has 0 unspecified atom stereocenters. The summed E-state index contributed by atoms with van der Waals surface area (Å²) in [4.78, 5) is 27.2. The van der Waals surface area contributed by atoms with Gasteiger partial charge in [0.25, 0.3) is 0 Å². The molecule has 4 aromatic carbocycles. The van der Waals surface area contributed by atoms with E-state index in [1.54, 1.807) is 14.0 Å². The molecule has 0 saturated carbocycles. The van der Waals surface area contributed by atoms with Crippen LogP contribution in [0.5, 0.6) is 5.75 Å². The van der Waals surface area contributed by atoms with Gasteiger partial charge >= 0.3 is 268 Å². The fourth-order valence-electron chi connectivity index (χ4n) is 5.77. The van der Waals surface area contributed by atoms with E-state index in [1.807, 2.05) is 115 Å². The molecule has 9 heteroatoms. The summed E-state index contributed by atoms with van der Waals surface area (Å²) in [6.07, 6.45) is -1.02. The zero-order valence-corrected chi connectivity index (χ0v) is 26.6. The van der Waals surface area contributed by atoms with Crippen LogP contribution in [0.15, 0.2) is 131 Å². The molecule has 5 aromatic rings. The van der Waals surface area contributed by atoms with Gasteiger partial charge in [-0.05, 0) is 0 Å². The van der Waals surface area contributed by atoms with Crippen LogP contribution in [0.1, 0.15) is 28.5 Å². The number of ether oxygens (including phenoxy) is 3. The number of aliphatic hydroxyl groups excluding tert-OH is 1. The van der Waals surface area contributed by atoms with Gasteiger partial charge < -0.3 is 0 Å². The number of nitrogens with zero attached hydrogens (tertiary/aromatic N) is 1. The van der Waals surface area contributed by atoms with E-state index >= 15 is 0 Å². The van der Waals surface area contributed by atoms with Gasteiger partial charge in [-0.2, -0.15) is 0 Å². The quantitative estimate of drug-likeness (QED) is 0.173. The maximum absolute atomic E-state index is 13.0. The summed E-state index contributed by atoms with van der Waals surface area (Å²) in [5, 5.41) is 11.8. The average Bonchev–Trinajstić information content (AvgIpc) is 3.38. The summed E-state index contributed by atoms with van der Waals surface area (Å²) in [6.45, 7) is 1.66. The Morgan fingerprint density at radius 3 is 1.98 bits per heavy atom. The molecule has 6 rings (SSSR count). The number of rotatable bonds is 10. The number of hydrogen-bond donors (Lipinski definition) is 2. The molecule has 4 atom stereocenters. The van der Waals surface area contributed by atoms with Gasteiger partial charge in [-0.3, -0.25) is 0 Å². The van der Waals surface area contributed by atoms with E-state index in [0.29, 0.717) is 5.56 Å². The van der Waals surface area contributed by atoms with Gasteiger partial charge in [0.1, 0.15) is 0 Å². The first-order valence-corrected chi connectivity index (χ1v) is 16.5. The van der Waals surface area contributed by atoms with E-state index in [-0.39, 0.29) is 21.6 Å². The van der Waals surface area contributed by atoms with Crippen LogP contribution in [0.4, 0.5) is 0 Å². The van der Waals surface area contributed by atoms with E-state index in [9.17, 15) is 14.7 Å². The van der Waals surface area contributed by atoms with Crippen LogP contribution < -0.4 is 20.4 Å². The molecule has 2 N–H and O–H groups in total. The molecule has 45 heavy (non-hydrogen) atoms. The predicted molar refractivity (Wildman–Crippen MR) is 173 cm³/mol. The Morgan fingerprint density at radius 1 is 0.844 bits per heavy atom. The Balaban J connectivity index is 1.41. The zero-order valence-electron chi connectivity index (χ0n) is 24.9. The van der Waals surface area contributed by atoms with Crippen molar-refractivity contribution in [2.75, 3.05) is 13.7 Å². The number of aryl methyl sites for hydroxylation is 1. The number of aromatic nitrogens is 2. The minimum atomic E-state index is -1.05. The van der Waals surface area contributed by atoms with Crippen molar-refractivity contribution >= 4 is 19.4 Å². The number of nitrogens with one attached hydrogen (secondary N) is 1. The molecule has 0 bridgehead atoms. The monoisotopic (exact) mass is 670 g/mol. The molecule has 230 valence electrons. The van der Waals surface area contributed by atoms with Crippen molar-refractivity contribution < 1.29 is 19.3 Å². The van der Waals surface area contributed by atoms with Gasteiger partial charge in [-0.1, -0.05) is 0 Å². The van der Waals surface area contributed by atoms with Crippen molar-refractivity contribution in [3.63, 3.8) is 0 Å². The number of aromatic amines is 1. The van der Waals surface area contributed by atoms with Gasteiger partial charge in [-0.25, -0.2) is 0 Å². The molecule has 1 aromatic heterocycles.